The monoisotopic (exact) mass is 289 g/mol. The van der Waals surface area contributed by atoms with Crippen LogP contribution < -0.4 is 10.5 Å². The molecule has 2 N–H and O–H groups in total. The molecule has 1 rings (SSSR count). The van der Waals surface area contributed by atoms with E-state index in [-0.39, 0.29) is 10.7 Å². The summed E-state index contributed by atoms with van der Waals surface area (Å²) in [6, 6.07) is 2.47. The average Bonchev–Trinajstić information content (AvgIpc) is 1.96. The molecular formula is C7H4BrClF3NO. The highest BCUT2D eigenvalue weighted by atomic mass is 79.9. The molecule has 14 heavy (non-hydrogen) atoms. The summed E-state index contributed by atoms with van der Waals surface area (Å²) >= 11 is 8.47. The zero-order valence-corrected chi connectivity index (χ0v) is 8.87. The van der Waals surface area contributed by atoms with E-state index in [1.54, 1.807) is 0 Å². The van der Waals surface area contributed by atoms with Crippen molar-refractivity contribution in [1.29, 1.82) is 0 Å². The van der Waals surface area contributed by atoms with Gasteiger partial charge in [-0.2, -0.15) is 0 Å². The maximum absolute atomic E-state index is 11.8. The van der Waals surface area contributed by atoms with E-state index in [9.17, 15) is 13.2 Å². The molecule has 0 spiro atoms. The number of halogens is 5. The molecule has 0 aliphatic heterocycles. The van der Waals surface area contributed by atoms with Crippen LogP contribution in [-0.4, -0.2) is 6.36 Å². The molecule has 0 atom stereocenters. The zero-order chi connectivity index (χ0) is 10.9. The molecule has 1 aromatic rings. The molecule has 78 valence electrons. The predicted molar refractivity (Wildman–Crippen MR) is 50.2 cm³/mol. The highest BCUT2D eigenvalue weighted by molar-refractivity contribution is 9.10. The number of hydrogen-bond donors (Lipinski definition) is 1. The predicted octanol–water partition coefficient (Wildman–Crippen LogP) is 3.58. The van der Waals surface area contributed by atoms with Crippen LogP contribution in [0.3, 0.4) is 0 Å². The smallest absolute Gasteiger partial charge is 0.404 e. The SMILES string of the molecule is Nc1cc(Br)cc(OC(F)(F)F)c1Cl. The molecule has 0 saturated carbocycles. The van der Waals surface area contributed by atoms with E-state index in [1.165, 1.54) is 6.07 Å². The van der Waals surface area contributed by atoms with Crippen LogP contribution in [-0.2, 0) is 0 Å². The molecule has 0 amide bonds. The van der Waals surface area contributed by atoms with Crippen LogP contribution in [0, 0.1) is 0 Å². The van der Waals surface area contributed by atoms with Gasteiger partial charge in [-0.1, -0.05) is 27.5 Å². The van der Waals surface area contributed by atoms with E-state index in [2.05, 4.69) is 20.7 Å². The summed E-state index contributed by atoms with van der Waals surface area (Å²) in [5.74, 6) is -0.522. The van der Waals surface area contributed by atoms with E-state index in [0.29, 0.717) is 4.47 Å². The first-order valence-electron chi connectivity index (χ1n) is 3.30. The van der Waals surface area contributed by atoms with Gasteiger partial charge >= 0.3 is 6.36 Å². The van der Waals surface area contributed by atoms with Gasteiger partial charge in [0.25, 0.3) is 0 Å². The van der Waals surface area contributed by atoms with Crippen LogP contribution in [0.25, 0.3) is 0 Å². The second kappa shape index (κ2) is 3.86. The molecule has 0 aliphatic rings. The van der Waals surface area contributed by atoms with Crippen molar-refractivity contribution in [3.05, 3.63) is 21.6 Å². The fraction of sp³-hybridized carbons (Fsp3) is 0.143. The Labute approximate surface area is 90.9 Å². The van der Waals surface area contributed by atoms with E-state index < -0.39 is 12.1 Å². The molecule has 7 heteroatoms. The molecule has 0 saturated heterocycles. The van der Waals surface area contributed by atoms with Gasteiger partial charge in [-0.3, -0.25) is 0 Å². The summed E-state index contributed by atoms with van der Waals surface area (Å²) in [5.41, 5.74) is 5.35. The van der Waals surface area contributed by atoms with Crippen molar-refractivity contribution in [3.8, 4) is 5.75 Å². The van der Waals surface area contributed by atoms with Gasteiger partial charge in [0.1, 0.15) is 5.02 Å². The summed E-state index contributed by atoms with van der Waals surface area (Å²) in [6.07, 6.45) is -4.78. The third-order valence-electron chi connectivity index (χ3n) is 1.26. The third kappa shape index (κ3) is 2.95. The van der Waals surface area contributed by atoms with Gasteiger partial charge in [0.15, 0.2) is 5.75 Å². The maximum atomic E-state index is 11.8. The molecule has 0 aliphatic carbocycles. The lowest BCUT2D eigenvalue weighted by Gasteiger charge is -2.11. The van der Waals surface area contributed by atoms with Crippen LogP contribution in [0.15, 0.2) is 16.6 Å². The topological polar surface area (TPSA) is 35.2 Å². The normalized spacial score (nSPS) is 11.5. The molecule has 0 bridgehead atoms. The lowest BCUT2D eigenvalue weighted by atomic mass is 10.3. The highest BCUT2D eigenvalue weighted by Gasteiger charge is 2.32. The minimum Gasteiger partial charge on any atom is -0.404 e. The number of anilines is 1. The molecule has 0 fully saturated rings. The van der Waals surface area contributed by atoms with Crippen molar-refractivity contribution in [3.63, 3.8) is 0 Å². The Morgan fingerprint density at radius 3 is 2.43 bits per heavy atom. The first kappa shape index (κ1) is 11.5. The Balaban J connectivity index is 3.09. The molecule has 1 aromatic carbocycles. The fourth-order valence-electron chi connectivity index (χ4n) is 0.783. The summed E-state index contributed by atoms with van der Waals surface area (Å²) in [4.78, 5) is 0. The number of alkyl halides is 3. The summed E-state index contributed by atoms with van der Waals surface area (Å²) < 4.78 is 39.6. The minimum atomic E-state index is -4.78. The highest BCUT2D eigenvalue weighted by Crippen LogP contribution is 2.36. The van der Waals surface area contributed by atoms with Crippen LogP contribution in [0.4, 0.5) is 18.9 Å². The van der Waals surface area contributed by atoms with E-state index >= 15 is 0 Å². The number of nitrogen functional groups attached to an aromatic ring is 1. The van der Waals surface area contributed by atoms with Gasteiger partial charge < -0.3 is 10.5 Å². The fourth-order valence-corrected chi connectivity index (χ4v) is 1.39. The number of ether oxygens (including phenoxy) is 1. The Kier molecular flexibility index (Phi) is 3.16. The van der Waals surface area contributed by atoms with E-state index in [4.69, 9.17) is 17.3 Å². The van der Waals surface area contributed by atoms with Crippen molar-refractivity contribution in [1.82, 2.24) is 0 Å². The quantitative estimate of drug-likeness (QED) is 0.802. The number of rotatable bonds is 1. The van der Waals surface area contributed by atoms with Crippen molar-refractivity contribution in [2.45, 2.75) is 6.36 Å². The summed E-state index contributed by atoms with van der Waals surface area (Å²) in [5, 5.41) is -0.259. The minimum absolute atomic E-state index is 0.0142. The zero-order valence-electron chi connectivity index (χ0n) is 6.53. The van der Waals surface area contributed by atoms with Gasteiger partial charge in [-0.25, -0.2) is 0 Å². The van der Waals surface area contributed by atoms with Gasteiger partial charge in [0.2, 0.25) is 0 Å². The first-order valence-corrected chi connectivity index (χ1v) is 4.47. The molecule has 0 unspecified atom stereocenters. The standard InChI is InChI=1S/C7H4BrClF3NO/c8-3-1-4(13)6(9)5(2-3)14-7(10,11)12/h1-2H,13H2. The van der Waals surface area contributed by atoms with Crippen molar-refractivity contribution < 1.29 is 17.9 Å². The first-order chi connectivity index (χ1) is 6.29. The van der Waals surface area contributed by atoms with Crippen LogP contribution in [0.5, 0.6) is 5.75 Å². The van der Waals surface area contributed by atoms with Crippen LogP contribution >= 0.6 is 27.5 Å². The van der Waals surface area contributed by atoms with E-state index in [0.717, 1.165) is 6.07 Å². The number of nitrogens with two attached hydrogens (primary N) is 1. The van der Waals surface area contributed by atoms with Crippen molar-refractivity contribution in [2.24, 2.45) is 0 Å². The second-order valence-corrected chi connectivity index (χ2v) is 3.65. The van der Waals surface area contributed by atoms with E-state index in [1.807, 2.05) is 0 Å². The molecule has 2 nitrogen and oxygen atoms in total. The third-order valence-corrected chi connectivity index (χ3v) is 2.12. The number of benzene rings is 1. The number of hydrogen-bond acceptors (Lipinski definition) is 2. The summed E-state index contributed by atoms with van der Waals surface area (Å²) in [6.45, 7) is 0. The maximum Gasteiger partial charge on any atom is 0.573 e. The lowest BCUT2D eigenvalue weighted by molar-refractivity contribution is -0.274. The average molecular weight is 290 g/mol. The summed E-state index contributed by atoms with van der Waals surface area (Å²) in [7, 11) is 0. The molecule has 0 heterocycles. The van der Waals surface area contributed by atoms with Crippen LogP contribution in [0.2, 0.25) is 5.02 Å². The lowest BCUT2D eigenvalue weighted by Crippen LogP contribution is -2.17. The van der Waals surface area contributed by atoms with Gasteiger partial charge in [0.05, 0.1) is 5.69 Å². The molecule has 0 radical (unpaired) electrons. The largest absolute Gasteiger partial charge is 0.573 e. The molecule has 0 aromatic heterocycles. The van der Waals surface area contributed by atoms with Crippen molar-refractivity contribution in [2.75, 3.05) is 5.73 Å². The molecular weight excluding hydrogens is 286 g/mol. The Morgan fingerprint density at radius 2 is 1.93 bits per heavy atom. The second-order valence-electron chi connectivity index (χ2n) is 2.35. The Morgan fingerprint density at radius 1 is 1.36 bits per heavy atom. The van der Waals surface area contributed by atoms with Crippen LogP contribution in [0.1, 0.15) is 0 Å². The Hall–Kier alpha value is -0.620. The van der Waals surface area contributed by atoms with Crippen molar-refractivity contribution >= 4 is 33.2 Å². The van der Waals surface area contributed by atoms with Gasteiger partial charge in [-0.05, 0) is 12.1 Å². The Bertz CT molecular complexity index is 356. The van der Waals surface area contributed by atoms with Gasteiger partial charge in [0, 0.05) is 4.47 Å². The van der Waals surface area contributed by atoms with Gasteiger partial charge in [-0.15, -0.1) is 13.2 Å².